The lowest BCUT2D eigenvalue weighted by atomic mass is 10.3. The molecule has 0 aromatic rings. The van der Waals surface area contributed by atoms with Gasteiger partial charge in [0, 0.05) is 6.10 Å². The molecule has 0 bridgehead atoms. The Labute approximate surface area is 152 Å². The monoisotopic (exact) mass is 375 g/mol. The van der Waals surface area contributed by atoms with E-state index in [-0.39, 0.29) is 5.97 Å². The number of nitrogens with zero attached hydrogens (tertiary/aromatic N) is 1. The molecule has 6 heteroatoms. The third kappa shape index (κ3) is 9.34. The predicted molar refractivity (Wildman–Crippen MR) is 109 cm³/mol. The smallest absolute Gasteiger partial charge is 0.306 e. The quantitative estimate of drug-likeness (QED) is 0.430. The van der Waals surface area contributed by atoms with Crippen molar-refractivity contribution < 1.29 is 13.6 Å². The molecular formula is C18H41NO3Si2. The summed E-state index contributed by atoms with van der Waals surface area (Å²) in [5.74, 6) is -0.0397. The normalized spacial score (nSPS) is 14.0. The zero-order valence-corrected chi connectivity index (χ0v) is 19.4. The second-order valence-electron chi connectivity index (χ2n) is 7.66. The van der Waals surface area contributed by atoms with Crippen molar-refractivity contribution in [2.24, 2.45) is 0 Å². The number of hydrogen-bond acceptors (Lipinski definition) is 4. The fourth-order valence-corrected chi connectivity index (χ4v) is 7.87. The molecule has 0 radical (unpaired) electrons. The fourth-order valence-electron chi connectivity index (χ4n) is 3.00. The van der Waals surface area contributed by atoms with E-state index in [1.54, 1.807) is 0 Å². The van der Waals surface area contributed by atoms with E-state index in [9.17, 15) is 4.79 Å². The Kier molecular flexibility index (Phi) is 11.4. The van der Waals surface area contributed by atoms with Crippen molar-refractivity contribution in [1.29, 1.82) is 0 Å². The maximum atomic E-state index is 12.2. The van der Waals surface area contributed by atoms with Gasteiger partial charge in [0.15, 0.2) is 8.32 Å². The minimum absolute atomic E-state index is 0.0397. The Balaban J connectivity index is 4.22. The van der Waals surface area contributed by atoms with Crippen molar-refractivity contribution in [3.8, 4) is 0 Å². The van der Waals surface area contributed by atoms with Gasteiger partial charge in [-0.3, -0.25) is 9.69 Å². The molecule has 0 aliphatic rings. The molecule has 144 valence electrons. The summed E-state index contributed by atoms with van der Waals surface area (Å²) >= 11 is 0. The van der Waals surface area contributed by atoms with Crippen LogP contribution >= 0.6 is 0 Å². The standard InChI is InChI=1S/C18H41NO3Si2/c1-9-17(5)21-23(7,8)15-13-14-19(6)16-18(20)22-24(10-2,11-3)12-4/h17H,9-16H2,1-8H3. The number of rotatable bonds is 13. The van der Waals surface area contributed by atoms with E-state index in [1.165, 1.54) is 0 Å². The Morgan fingerprint density at radius 3 is 2.08 bits per heavy atom. The molecule has 0 heterocycles. The van der Waals surface area contributed by atoms with Crippen LogP contribution in [0, 0.1) is 0 Å². The Morgan fingerprint density at radius 2 is 1.62 bits per heavy atom. The minimum atomic E-state index is -1.82. The molecule has 0 aliphatic heterocycles. The van der Waals surface area contributed by atoms with Gasteiger partial charge in [0.1, 0.15) is 0 Å². The molecule has 4 nitrogen and oxygen atoms in total. The van der Waals surface area contributed by atoms with Crippen LogP contribution < -0.4 is 0 Å². The van der Waals surface area contributed by atoms with Crippen LogP contribution in [0.3, 0.4) is 0 Å². The van der Waals surface area contributed by atoms with Crippen LogP contribution in [0.2, 0.25) is 37.3 Å². The van der Waals surface area contributed by atoms with Crippen molar-refractivity contribution in [1.82, 2.24) is 4.90 Å². The average molecular weight is 376 g/mol. The zero-order chi connectivity index (χ0) is 18.8. The van der Waals surface area contributed by atoms with Crippen LogP contribution in [0.5, 0.6) is 0 Å². The van der Waals surface area contributed by atoms with Crippen LogP contribution in [0.1, 0.15) is 47.5 Å². The maximum Gasteiger partial charge on any atom is 0.306 e. The molecule has 1 unspecified atom stereocenters. The third-order valence-corrected chi connectivity index (χ3v) is 12.2. The van der Waals surface area contributed by atoms with Crippen LogP contribution in [0.4, 0.5) is 0 Å². The van der Waals surface area contributed by atoms with Crippen LogP contribution in [0.25, 0.3) is 0 Å². The number of likely N-dealkylation sites (N-methyl/N-ethyl adjacent to an activating group) is 1. The van der Waals surface area contributed by atoms with Crippen LogP contribution in [-0.4, -0.2) is 53.7 Å². The fraction of sp³-hybridized carbons (Fsp3) is 0.944. The van der Waals surface area contributed by atoms with Gasteiger partial charge < -0.3 is 8.85 Å². The van der Waals surface area contributed by atoms with Crippen molar-refractivity contribution in [2.75, 3.05) is 20.1 Å². The van der Waals surface area contributed by atoms with Crippen LogP contribution in [-0.2, 0) is 13.6 Å². The Bertz CT molecular complexity index is 352. The largest absolute Gasteiger partial charge is 0.518 e. The summed E-state index contributed by atoms with van der Waals surface area (Å²) in [5, 5.41) is 0. The van der Waals surface area contributed by atoms with Gasteiger partial charge in [-0.05, 0) is 70.6 Å². The Morgan fingerprint density at radius 1 is 1.08 bits per heavy atom. The van der Waals surface area contributed by atoms with E-state index in [4.69, 9.17) is 8.85 Å². The molecule has 0 aromatic carbocycles. The molecule has 0 aromatic heterocycles. The lowest BCUT2D eigenvalue weighted by molar-refractivity contribution is -0.136. The molecule has 0 saturated heterocycles. The molecule has 1 atom stereocenters. The van der Waals surface area contributed by atoms with Gasteiger partial charge in [-0.2, -0.15) is 0 Å². The molecule has 0 fully saturated rings. The molecule has 0 N–H and O–H groups in total. The van der Waals surface area contributed by atoms with E-state index in [0.29, 0.717) is 12.6 Å². The zero-order valence-electron chi connectivity index (χ0n) is 17.4. The summed E-state index contributed by atoms with van der Waals surface area (Å²) in [5.41, 5.74) is 0. The predicted octanol–water partition coefficient (Wildman–Crippen LogP) is 4.88. The lowest BCUT2D eigenvalue weighted by Gasteiger charge is -2.29. The molecular weight excluding hydrogens is 334 g/mol. The first-order valence-corrected chi connectivity index (χ1v) is 15.4. The highest BCUT2D eigenvalue weighted by Crippen LogP contribution is 2.22. The van der Waals surface area contributed by atoms with Crippen molar-refractivity contribution >= 4 is 22.6 Å². The number of hydrogen-bond donors (Lipinski definition) is 0. The molecule has 0 rings (SSSR count). The second kappa shape index (κ2) is 11.4. The summed E-state index contributed by atoms with van der Waals surface area (Å²) in [7, 11) is -1.39. The molecule has 0 aliphatic carbocycles. The molecule has 0 spiro atoms. The minimum Gasteiger partial charge on any atom is -0.518 e. The summed E-state index contributed by atoms with van der Waals surface area (Å²) in [6.07, 6.45) is 2.51. The first-order chi connectivity index (χ1) is 11.1. The van der Waals surface area contributed by atoms with Gasteiger partial charge >= 0.3 is 5.97 Å². The topological polar surface area (TPSA) is 38.8 Å². The van der Waals surface area contributed by atoms with Gasteiger partial charge in [0.2, 0.25) is 0 Å². The highest BCUT2D eigenvalue weighted by atomic mass is 28.4. The molecule has 0 saturated carbocycles. The lowest BCUT2D eigenvalue weighted by Crippen LogP contribution is -2.41. The van der Waals surface area contributed by atoms with E-state index in [0.717, 1.165) is 43.6 Å². The van der Waals surface area contributed by atoms with Gasteiger partial charge in [-0.1, -0.05) is 27.7 Å². The highest BCUT2D eigenvalue weighted by Gasteiger charge is 2.33. The van der Waals surface area contributed by atoms with E-state index >= 15 is 0 Å². The second-order valence-corrected chi connectivity index (χ2v) is 16.6. The summed E-state index contributed by atoms with van der Waals surface area (Å²) in [4.78, 5) is 14.3. The molecule has 0 amide bonds. The summed E-state index contributed by atoms with van der Waals surface area (Å²) in [6.45, 7) is 16.7. The van der Waals surface area contributed by atoms with Gasteiger partial charge in [-0.25, -0.2) is 0 Å². The highest BCUT2D eigenvalue weighted by molar-refractivity contribution is 6.75. The third-order valence-electron chi connectivity index (χ3n) is 5.08. The van der Waals surface area contributed by atoms with Gasteiger partial charge in [0.05, 0.1) is 6.54 Å². The number of carbonyl (C=O) groups excluding carboxylic acids is 1. The SMILES string of the molecule is CCC(C)O[Si](C)(C)CCCN(C)CC(=O)O[Si](CC)(CC)CC. The average Bonchev–Trinajstić information content (AvgIpc) is 2.51. The summed E-state index contributed by atoms with van der Waals surface area (Å²) < 4.78 is 12.1. The first-order valence-electron chi connectivity index (χ1n) is 9.71. The van der Waals surface area contributed by atoms with E-state index in [2.05, 4.69) is 52.6 Å². The van der Waals surface area contributed by atoms with Crippen molar-refractivity contribution in [3.63, 3.8) is 0 Å². The molecule has 24 heavy (non-hydrogen) atoms. The van der Waals surface area contributed by atoms with Gasteiger partial charge in [-0.15, -0.1) is 0 Å². The van der Waals surface area contributed by atoms with Crippen molar-refractivity contribution in [3.05, 3.63) is 0 Å². The van der Waals surface area contributed by atoms with Crippen LogP contribution in [0.15, 0.2) is 0 Å². The number of carbonyl (C=O) groups is 1. The summed E-state index contributed by atoms with van der Waals surface area (Å²) in [6, 6.07) is 4.18. The first kappa shape index (κ1) is 23.8. The van der Waals surface area contributed by atoms with Crippen molar-refractivity contribution in [2.45, 2.75) is 90.8 Å². The maximum absolute atomic E-state index is 12.2. The Hall–Kier alpha value is -0.176. The van der Waals surface area contributed by atoms with E-state index in [1.807, 2.05) is 7.05 Å². The van der Waals surface area contributed by atoms with Gasteiger partial charge in [0.25, 0.3) is 8.32 Å². The van der Waals surface area contributed by atoms with E-state index < -0.39 is 16.6 Å².